The van der Waals surface area contributed by atoms with Crippen LogP contribution in [0.4, 0.5) is 4.39 Å². The maximum atomic E-state index is 13.0. The topological polar surface area (TPSA) is 57.7 Å². The molecule has 1 aliphatic heterocycles. The first kappa shape index (κ1) is 17.9. The zero-order valence-electron chi connectivity index (χ0n) is 13.5. The highest BCUT2D eigenvalue weighted by molar-refractivity contribution is 7.89. The second kappa shape index (κ2) is 7.40. The number of hydrogen-bond acceptors (Lipinski definition) is 3. The molecule has 23 heavy (non-hydrogen) atoms. The molecule has 0 bridgehead atoms. The molecule has 0 radical (unpaired) electrons. The van der Waals surface area contributed by atoms with Gasteiger partial charge in [0.05, 0.1) is 10.8 Å². The van der Waals surface area contributed by atoms with Gasteiger partial charge in [0.1, 0.15) is 5.82 Å². The molecule has 128 valence electrons. The van der Waals surface area contributed by atoms with Gasteiger partial charge in [0.25, 0.3) is 0 Å². The molecule has 0 N–H and O–H groups in total. The van der Waals surface area contributed by atoms with Crippen molar-refractivity contribution in [3.8, 4) is 0 Å². The highest BCUT2D eigenvalue weighted by atomic mass is 32.2. The molecule has 1 aromatic rings. The van der Waals surface area contributed by atoms with E-state index in [1.54, 1.807) is 4.90 Å². The standard InChI is InChI=1S/C16H23FN2O3S/c1-3-18(4-2)16(20)13-6-5-11-19(12-13)23(21,22)15-9-7-14(17)8-10-15/h7-10,13H,3-6,11-12H2,1-2H3. The summed E-state index contributed by atoms with van der Waals surface area (Å²) in [6.07, 6.45) is 1.35. The lowest BCUT2D eigenvalue weighted by molar-refractivity contribution is -0.136. The Morgan fingerprint density at radius 3 is 2.43 bits per heavy atom. The lowest BCUT2D eigenvalue weighted by Crippen LogP contribution is -2.46. The molecule has 1 fully saturated rings. The average Bonchev–Trinajstić information content (AvgIpc) is 2.56. The van der Waals surface area contributed by atoms with Crippen LogP contribution in [-0.4, -0.2) is 49.7 Å². The van der Waals surface area contributed by atoms with Gasteiger partial charge in [-0.2, -0.15) is 4.31 Å². The van der Waals surface area contributed by atoms with Gasteiger partial charge in [-0.3, -0.25) is 4.79 Å². The van der Waals surface area contributed by atoms with Crippen molar-refractivity contribution in [3.05, 3.63) is 30.1 Å². The molecule has 0 aromatic heterocycles. The second-order valence-electron chi connectivity index (χ2n) is 5.67. The number of sulfonamides is 1. The van der Waals surface area contributed by atoms with Crippen LogP contribution >= 0.6 is 0 Å². The van der Waals surface area contributed by atoms with Gasteiger partial charge in [-0.25, -0.2) is 12.8 Å². The number of rotatable bonds is 5. The van der Waals surface area contributed by atoms with Crippen molar-refractivity contribution in [2.24, 2.45) is 5.92 Å². The van der Waals surface area contributed by atoms with Crippen molar-refractivity contribution in [1.29, 1.82) is 0 Å². The normalized spacial score (nSPS) is 19.5. The predicted molar refractivity (Wildman–Crippen MR) is 85.8 cm³/mol. The minimum absolute atomic E-state index is 0.00834. The molecule has 1 saturated heterocycles. The molecule has 1 aliphatic rings. The van der Waals surface area contributed by atoms with Crippen LogP contribution in [0.2, 0.25) is 0 Å². The molecule has 1 atom stereocenters. The van der Waals surface area contributed by atoms with Crippen molar-refractivity contribution >= 4 is 15.9 Å². The van der Waals surface area contributed by atoms with E-state index in [9.17, 15) is 17.6 Å². The van der Waals surface area contributed by atoms with Gasteiger partial charge in [-0.05, 0) is 51.0 Å². The largest absolute Gasteiger partial charge is 0.343 e. The lowest BCUT2D eigenvalue weighted by Gasteiger charge is -2.33. The van der Waals surface area contributed by atoms with Crippen molar-refractivity contribution in [2.75, 3.05) is 26.2 Å². The summed E-state index contributed by atoms with van der Waals surface area (Å²) >= 11 is 0. The van der Waals surface area contributed by atoms with Gasteiger partial charge in [0.2, 0.25) is 15.9 Å². The molecule has 1 heterocycles. The Balaban J connectivity index is 2.17. The summed E-state index contributed by atoms with van der Waals surface area (Å²) in [5, 5.41) is 0. The smallest absolute Gasteiger partial charge is 0.243 e. The maximum absolute atomic E-state index is 13.0. The average molecular weight is 342 g/mol. The summed E-state index contributed by atoms with van der Waals surface area (Å²) in [5.41, 5.74) is 0. The van der Waals surface area contributed by atoms with Gasteiger partial charge >= 0.3 is 0 Å². The molecule has 5 nitrogen and oxygen atoms in total. The van der Waals surface area contributed by atoms with Gasteiger partial charge in [0.15, 0.2) is 0 Å². The van der Waals surface area contributed by atoms with E-state index >= 15 is 0 Å². The third-order valence-electron chi connectivity index (χ3n) is 4.26. The maximum Gasteiger partial charge on any atom is 0.243 e. The van der Waals surface area contributed by atoms with Gasteiger partial charge < -0.3 is 4.90 Å². The third kappa shape index (κ3) is 3.90. The molecule has 1 aromatic carbocycles. The first-order valence-corrected chi connectivity index (χ1v) is 9.38. The van der Waals surface area contributed by atoms with E-state index in [1.807, 2.05) is 13.8 Å². The van der Waals surface area contributed by atoms with Gasteiger partial charge in [-0.1, -0.05) is 0 Å². The second-order valence-corrected chi connectivity index (χ2v) is 7.60. The third-order valence-corrected chi connectivity index (χ3v) is 6.14. The van der Waals surface area contributed by atoms with E-state index in [0.29, 0.717) is 32.5 Å². The van der Waals surface area contributed by atoms with Crippen LogP contribution < -0.4 is 0 Å². The minimum atomic E-state index is -3.69. The molecular formula is C16H23FN2O3S. The fraction of sp³-hybridized carbons (Fsp3) is 0.562. The fourth-order valence-electron chi connectivity index (χ4n) is 2.91. The van der Waals surface area contributed by atoms with Crippen molar-refractivity contribution in [1.82, 2.24) is 9.21 Å². The van der Waals surface area contributed by atoms with E-state index in [1.165, 1.54) is 16.4 Å². The molecule has 1 unspecified atom stereocenters. The van der Waals surface area contributed by atoms with E-state index in [4.69, 9.17) is 0 Å². The van der Waals surface area contributed by atoms with Crippen LogP contribution in [0.1, 0.15) is 26.7 Å². The van der Waals surface area contributed by atoms with Crippen LogP contribution in [-0.2, 0) is 14.8 Å². The number of piperidine rings is 1. The number of carbonyl (C=O) groups is 1. The molecule has 0 spiro atoms. The van der Waals surface area contributed by atoms with Crippen LogP contribution in [0.25, 0.3) is 0 Å². The molecule has 0 aliphatic carbocycles. The number of carbonyl (C=O) groups excluding carboxylic acids is 1. The number of nitrogens with zero attached hydrogens (tertiary/aromatic N) is 2. The quantitative estimate of drug-likeness (QED) is 0.823. The molecule has 7 heteroatoms. The monoisotopic (exact) mass is 342 g/mol. The highest BCUT2D eigenvalue weighted by Gasteiger charge is 2.34. The Morgan fingerprint density at radius 2 is 1.87 bits per heavy atom. The summed E-state index contributed by atoms with van der Waals surface area (Å²) in [6.45, 7) is 5.65. The Bertz CT molecular complexity index is 642. The molecule has 1 amide bonds. The van der Waals surface area contributed by atoms with Crippen LogP contribution in [0.15, 0.2) is 29.2 Å². The van der Waals surface area contributed by atoms with E-state index in [0.717, 1.165) is 12.1 Å². The van der Waals surface area contributed by atoms with Gasteiger partial charge in [-0.15, -0.1) is 0 Å². The Morgan fingerprint density at radius 1 is 1.26 bits per heavy atom. The van der Waals surface area contributed by atoms with Crippen molar-refractivity contribution < 1.29 is 17.6 Å². The Labute approximate surface area is 137 Å². The van der Waals surface area contributed by atoms with Crippen molar-refractivity contribution in [2.45, 2.75) is 31.6 Å². The number of amides is 1. The first-order valence-electron chi connectivity index (χ1n) is 7.94. The zero-order valence-corrected chi connectivity index (χ0v) is 14.4. The van der Waals surface area contributed by atoms with Crippen molar-refractivity contribution in [3.63, 3.8) is 0 Å². The SMILES string of the molecule is CCN(CC)C(=O)C1CCCN(S(=O)(=O)c2ccc(F)cc2)C1. The van der Waals surface area contributed by atoms with Crippen LogP contribution in [0.3, 0.4) is 0 Å². The summed E-state index contributed by atoms with van der Waals surface area (Å²) in [7, 11) is -3.69. The van der Waals surface area contributed by atoms with Crippen LogP contribution in [0.5, 0.6) is 0 Å². The van der Waals surface area contributed by atoms with E-state index in [-0.39, 0.29) is 23.3 Å². The Hall–Kier alpha value is -1.47. The number of hydrogen-bond donors (Lipinski definition) is 0. The van der Waals surface area contributed by atoms with E-state index < -0.39 is 15.8 Å². The first-order chi connectivity index (χ1) is 10.9. The molecule has 0 saturated carbocycles. The summed E-state index contributed by atoms with van der Waals surface area (Å²) < 4.78 is 39.6. The number of benzene rings is 1. The summed E-state index contributed by atoms with van der Waals surface area (Å²) in [6, 6.07) is 4.80. The fourth-order valence-corrected chi connectivity index (χ4v) is 4.44. The van der Waals surface area contributed by atoms with Crippen LogP contribution in [0, 0.1) is 11.7 Å². The summed E-state index contributed by atoms with van der Waals surface area (Å²) in [5.74, 6) is -0.773. The number of halogens is 1. The molecular weight excluding hydrogens is 319 g/mol. The minimum Gasteiger partial charge on any atom is -0.343 e. The predicted octanol–water partition coefficient (Wildman–Crippen LogP) is 2.09. The van der Waals surface area contributed by atoms with Gasteiger partial charge in [0, 0.05) is 26.2 Å². The highest BCUT2D eigenvalue weighted by Crippen LogP contribution is 2.25. The molecule has 2 rings (SSSR count). The lowest BCUT2D eigenvalue weighted by atomic mass is 9.98. The Kier molecular flexibility index (Phi) is 5.75. The van der Waals surface area contributed by atoms with E-state index in [2.05, 4.69) is 0 Å². The zero-order chi connectivity index (χ0) is 17.0. The summed E-state index contributed by atoms with van der Waals surface area (Å²) in [4.78, 5) is 14.3.